The standard InChI is InChI=1S/C30H46N6O3.C27H39N5O3.C25H42N4O3.C5H5ClN2/c1-22-20-32-29(33-21-22)35-27(28(38)39-30(3,4)5)15-18-36(19-16-31-23(2)37)17-9-8-11-25-14-13-24-10-6-7-12-26(24)34-25;1-20-18-29-26(30-19-20)17-23(27(34)35)12-15-32(16-13-28-21(2)33)14-6-5-8-24-11-10-22-7-3-4-9-25(22)31-24;1-19(30)27-15-18-29(17-14-22(26)24(31)32-25(2,3)4)16-8-7-10-21-13-12-20-9-5-6-11-23(20)28-21;1-4-2-7-5(6)8-3-4/h13-14,20-21,27H,6-12,15-19H2,1-5H3,(H,31,37)(H,32,33,35);10-11,18-19,23H,3-9,12-17H2,1-2H3,(H,28,33)(H,34,35);12-13,22H,5-11,14-18,26H2,1-4H3,(H,27,30);2-3H,1H3/t27-;23-;22-;/m010./s1. The van der Waals surface area contributed by atoms with Crippen LogP contribution in [0.3, 0.4) is 0 Å². The zero-order chi connectivity index (χ0) is 82.8. The first-order valence-corrected chi connectivity index (χ1v) is 41.8. The van der Waals surface area contributed by atoms with E-state index in [1.807, 2.05) is 62.3 Å². The number of halogens is 1. The fraction of sp³-hybridized carbons (Fsp3) is 0.621. The smallest absolute Gasteiger partial charge is 0.329 e. The number of hydrogen-bond donors (Lipinski definition) is 6. The molecule has 9 rings (SSSR count). The lowest BCUT2D eigenvalue weighted by Gasteiger charge is -2.27. The molecular formula is C87H132ClN17O9. The molecule has 7 N–H and O–H groups in total. The lowest BCUT2D eigenvalue weighted by Crippen LogP contribution is -2.41. The molecule has 114 heavy (non-hydrogen) atoms. The zero-order valence-electron chi connectivity index (χ0n) is 70.4. The van der Waals surface area contributed by atoms with E-state index in [0.29, 0.717) is 95.1 Å². The van der Waals surface area contributed by atoms with Gasteiger partial charge < -0.3 is 56.3 Å². The Balaban J connectivity index is 0.000000254. The average molecular weight is 1600 g/mol. The van der Waals surface area contributed by atoms with E-state index in [1.165, 1.54) is 110 Å². The third-order valence-corrected chi connectivity index (χ3v) is 19.9. The zero-order valence-corrected chi connectivity index (χ0v) is 71.1. The van der Waals surface area contributed by atoms with Gasteiger partial charge in [0.2, 0.25) is 29.0 Å². The molecule has 6 aromatic heterocycles. The first-order chi connectivity index (χ1) is 54.4. The molecule has 3 aliphatic rings. The Morgan fingerprint density at radius 2 is 0.816 bits per heavy atom. The summed E-state index contributed by atoms with van der Waals surface area (Å²) in [5.74, 6) is -1.22. The van der Waals surface area contributed by atoms with Gasteiger partial charge in [-0.05, 0) is 306 Å². The van der Waals surface area contributed by atoms with Crippen molar-refractivity contribution in [3.63, 3.8) is 0 Å². The summed E-state index contributed by atoms with van der Waals surface area (Å²) in [5.41, 5.74) is 19.5. The second-order valence-electron chi connectivity index (χ2n) is 32.5. The summed E-state index contributed by atoms with van der Waals surface area (Å²) in [4.78, 5) is 117. The predicted octanol–water partition coefficient (Wildman–Crippen LogP) is 11.4. The van der Waals surface area contributed by atoms with Gasteiger partial charge in [0.05, 0.1) is 5.92 Å². The number of aryl methyl sites for hydroxylation is 12. The number of aliphatic carboxylic acids is 1. The molecule has 6 aromatic rings. The number of nitrogens with zero attached hydrogens (tertiary/aromatic N) is 12. The number of hydrogen-bond acceptors (Lipinski definition) is 22. The Hall–Kier alpha value is -8.56. The molecule has 0 fully saturated rings. The van der Waals surface area contributed by atoms with Gasteiger partial charge in [0, 0.05) is 151 Å². The number of nitrogens with two attached hydrogens (primary N) is 1. The topological polar surface area (TPSA) is 341 Å². The molecule has 0 spiro atoms. The first-order valence-electron chi connectivity index (χ1n) is 41.5. The minimum atomic E-state index is -0.825. The molecule has 26 nitrogen and oxygen atoms in total. The number of fused-ring (bicyclic) bond motifs is 3. The van der Waals surface area contributed by atoms with E-state index in [9.17, 15) is 33.9 Å². The van der Waals surface area contributed by atoms with Crippen molar-refractivity contribution >= 4 is 53.2 Å². The van der Waals surface area contributed by atoms with E-state index in [0.717, 1.165) is 139 Å². The quantitative estimate of drug-likeness (QED) is 0.0118. The number of carbonyl (C=O) groups excluding carboxylic acids is 5. The van der Waals surface area contributed by atoms with Crippen molar-refractivity contribution in [1.82, 2.24) is 75.5 Å². The van der Waals surface area contributed by atoms with Gasteiger partial charge in [0.15, 0.2) is 0 Å². The minimum Gasteiger partial charge on any atom is -0.481 e. The average Bonchev–Trinajstić information content (AvgIpc) is 0.867. The van der Waals surface area contributed by atoms with Gasteiger partial charge in [-0.15, -0.1) is 0 Å². The summed E-state index contributed by atoms with van der Waals surface area (Å²) >= 11 is 5.39. The molecule has 3 amide bonds. The molecule has 0 radical (unpaired) electrons. The van der Waals surface area contributed by atoms with Crippen LogP contribution in [0.15, 0.2) is 73.6 Å². The van der Waals surface area contributed by atoms with E-state index in [2.05, 4.69) is 102 Å². The monoisotopic (exact) mass is 1590 g/mol. The largest absolute Gasteiger partial charge is 0.481 e. The van der Waals surface area contributed by atoms with Crippen molar-refractivity contribution in [3.8, 4) is 0 Å². The molecule has 27 heteroatoms. The molecule has 0 bridgehead atoms. The number of ether oxygens (including phenoxy) is 2. The number of nitrogens with one attached hydrogen (secondary N) is 4. The summed E-state index contributed by atoms with van der Waals surface area (Å²) < 4.78 is 11.1. The fourth-order valence-electron chi connectivity index (χ4n) is 13.5. The van der Waals surface area contributed by atoms with Gasteiger partial charge in [-0.1, -0.05) is 18.2 Å². The third-order valence-electron chi connectivity index (χ3n) is 19.7. The van der Waals surface area contributed by atoms with E-state index in [1.54, 1.807) is 37.2 Å². The SMILES string of the molecule is CC(=O)NCCN(CCCCc1ccc2c(n1)CCCC2)CC[C@H](Cc1ncc(C)cn1)C(=O)O.CC(=O)NCCN(CCCCc1ccc2c(n1)CCCC2)CC[C@H](N)C(=O)OC(C)(C)C.CC(=O)NCCN(CCCCc1ccc2c(n1)CCCC2)CC[C@H](Nc1ncc(C)cn1)C(=O)OC(C)(C)C.Cc1cnc(Cl)nc1. The Labute approximate surface area is 683 Å². The van der Waals surface area contributed by atoms with Crippen molar-refractivity contribution in [2.75, 3.05) is 83.9 Å². The molecule has 0 unspecified atom stereocenters. The summed E-state index contributed by atoms with van der Waals surface area (Å²) in [6, 6.07) is 12.1. The minimum absolute atomic E-state index is 0.0334. The van der Waals surface area contributed by atoms with Crippen LogP contribution in [0.25, 0.3) is 0 Å². The maximum atomic E-state index is 13.0. The maximum Gasteiger partial charge on any atom is 0.329 e. The molecule has 6 heterocycles. The van der Waals surface area contributed by atoms with Crippen LogP contribution in [0.4, 0.5) is 5.95 Å². The van der Waals surface area contributed by atoms with Crippen molar-refractivity contribution in [2.24, 2.45) is 11.7 Å². The molecule has 0 aromatic carbocycles. The molecular weight excluding hydrogens is 1460 g/mol. The highest BCUT2D eigenvalue weighted by molar-refractivity contribution is 6.28. The summed E-state index contributed by atoms with van der Waals surface area (Å²) in [7, 11) is 0. The van der Waals surface area contributed by atoms with Gasteiger partial charge in [0.1, 0.15) is 29.1 Å². The summed E-state index contributed by atoms with van der Waals surface area (Å²) in [5, 5.41) is 21.8. The molecule has 626 valence electrons. The lowest BCUT2D eigenvalue weighted by atomic mass is 9.95. The number of carbonyl (C=O) groups is 6. The number of aromatic nitrogens is 9. The molecule has 3 atom stereocenters. The molecule has 0 saturated heterocycles. The number of carboxylic acids is 1. The Kier molecular flexibility index (Phi) is 41.9. The van der Waals surface area contributed by atoms with Crippen molar-refractivity contribution in [1.29, 1.82) is 0 Å². The van der Waals surface area contributed by atoms with Gasteiger partial charge in [-0.25, -0.2) is 34.7 Å². The number of unbranched alkanes of at least 4 members (excludes halogenated alkanes) is 3. The Morgan fingerprint density at radius 1 is 0.465 bits per heavy atom. The van der Waals surface area contributed by atoms with Crippen LogP contribution in [0.5, 0.6) is 0 Å². The lowest BCUT2D eigenvalue weighted by molar-refractivity contribution is -0.157. The van der Waals surface area contributed by atoms with Gasteiger partial charge in [0.25, 0.3) is 0 Å². The number of carboxylic acid groups (broad SMARTS) is 1. The fourth-order valence-corrected chi connectivity index (χ4v) is 13.6. The first kappa shape index (κ1) is 94.3. The van der Waals surface area contributed by atoms with Crippen LogP contribution in [0.2, 0.25) is 5.28 Å². The number of amides is 3. The van der Waals surface area contributed by atoms with Crippen LogP contribution in [-0.4, -0.2) is 202 Å². The van der Waals surface area contributed by atoms with E-state index >= 15 is 0 Å². The van der Waals surface area contributed by atoms with E-state index in [-0.39, 0.29) is 29.7 Å². The summed E-state index contributed by atoms with van der Waals surface area (Å²) in [6.45, 7) is 29.9. The predicted molar refractivity (Wildman–Crippen MR) is 448 cm³/mol. The van der Waals surface area contributed by atoms with Crippen LogP contribution in [0.1, 0.15) is 232 Å². The number of esters is 2. The maximum absolute atomic E-state index is 13.0. The summed E-state index contributed by atoms with van der Waals surface area (Å²) in [6.07, 6.45) is 35.5. The third kappa shape index (κ3) is 39.7. The second-order valence-corrected chi connectivity index (χ2v) is 32.8. The highest BCUT2D eigenvalue weighted by atomic mass is 35.5. The molecule has 0 aliphatic heterocycles. The molecule has 3 aliphatic carbocycles. The Morgan fingerprint density at radius 3 is 1.18 bits per heavy atom. The number of pyridine rings is 3. The van der Waals surface area contributed by atoms with Crippen LogP contribution < -0.4 is 27.0 Å². The normalized spacial score (nSPS) is 13.8. The van der Waals surface area contributed by atoms with Crippen LogP contribution in [0, 0.1) is 26.7 Å². The van der Waals surface area contributed by atoms with Crippen molar-refractivity contribution in [2.45, 2.75) is 267 Å². The van der Waals surface area contributed by atoms with Gasteiger partial charge in [-0.2, -0.15) is 0 Å². The number of anilines is 1. The van der Waals surface area contributed by atoms with Crippen LogP contribution >= 0.6 is 11.6 Å². The van der Waals surface area contributed by atoms with Crippen molar-refractivity contribution in [3.05, 3.63) is 152 Å². The van der Waals surface area contributed by atoms with Crippen LogP contribution in [-0.2, 0) is 102 Å². The van der Waals surface area contributed by atoms with E-state index < -0.39 is 35.2 Å². The number of rotatable bonds is 40. The van der Waals surface area contributed by atoms with E-state index in [4.69, 9.17) is 41.8 Å². The van der Waals surface area contributed by atoms with Gasteiger partial charge in [-0.3, -0.25) is 38.9 Å². The highest BCUT2D eigenvalue weighted by Gasteiger charge is 2.28. The molecule has 0 saturated carbocycles. The second kappa shape index (κ2) is 50.7. The van der Waals surface area contributed by atoms with Gasteiger partial charge >= 0.3 is 17.9 Å². The van der Waals surface area contributed by atoms with Crippen molar-refractivity contribution < 1.29 is 43.3 Å². The Bertz CT molecular complexity index is 3860. The highest BCUT2D eigenvalue weighted by Crippen LogP contribution is 2.24.